The first-order chi connectivity index (χ1) is 21.5. The third-order valence-corrected chi connectivity index (χ3v) is 8.40. The van der Waals surface area contributed by atoms with Gasteiger partial charge in [-0.15, -0.1) is 5.10 Å². The molecular formula is C34H30BrClN4O4S. The van der Waals surface area contributed by atoms with E-state index in [-0.39, 0.29) is 30.4 Å². The fraction of sp³-hybridized carbons (Fsp3) is 0.176. The highest BCUT2D eigenvalue weighted by Gasteiger charge is 2.34. The molecule has 2 amide bonds. The largest absolute Gasteiger partial charge is 0.483 e. The summed E-state index contributed by atoms with van der Waals surface area (Å²) in [6, 6.07) is 23.9. The number of ether oxygens (including phenoxy) is 1. The van der Waals surface area contributed by atoms with E-state index >= 15 is 0 Å². The minimum Gasteiger partial charge on any atom is -0.483 e. The van der Waals surface area contributed by atoms with Gasteiger partial charge in [0.25, 0.3) is 11.8 Å². The second-order valence-electron chi connectivity index (χ2n) is 11.1. The number of hydrogen-bond acceptors (Lipinski definition) is 7. The number of anilines is 1. The van der Waals surface area contributed by atoms with Gasteiger partial charge in [0.2, 0.25) is 0 Å². The van der Waals surface area contributed by atoms with Gasteiger partial charge in [-0.05, 0) is 89.0 Å². The van der Waals surface area contributed by atoms with Crippen LogP contribution in [-0.4, -0.2) is 34.7 Å². The van der Waals surface area contributed by atoms with Crippen LogP contribution in [0.15, 0.2) is 109 Å². The highest BCUT2D eigenvalue weighted by molar-refractivity contribution is 9.10. The average molecular weight is 706 g/mol. The van der Waals surface area contributed by atoms with E-state index in [2.05, 4.69) is 64.4 Å². The molecule has 1 fully saturated rings. The fourth-order valence-corrected chi connectivity index (χ4v) is 5.70. The number of nitrogens with zero attached hydrogens (tertiary/aromatic N) is 3. The number of amides is 2. The summed E-state index contributed by atoms with van der Waals surface area (Å²) in [6.45, 7) is 6.45. The number of benzene rings is 3. The SMILES string of the molecule is CC(C)(C)c1ccc(/C=N/N=C2\S/C(=C\c3cc(Br)ccc3OCC(=O)Nc3ccc(Cl)cc3)C(=O)N2Cc2ccco2)cc1. The predicted molar refractivity (Wildman–Crippen MR) is 185 cm³/mol. The van der Waals surface area contributed by atoms with E-state index in [0.717, 1.165) is 10.0 Å². The van der Waals surface area contributed by atoms with Gasteiger partial charge in [-0.25, -0.2) is 0 Å². The van der Waals surface area contributed by atoms with Crippen molar-refractivity contribution in [2.24, 2.45) is 10.2 Å². The summed E-state index contributed by atoms with van der Waals surface area (Å²) < 4.78 is 12.2. The zero-order valence-electron chi connectivity index (χ0n) is 24.8. The fourth-order valence-electron chi connectivity index (χ4n) is 4.27. The van der Waals surface area contributed by atoms with E-state index in [1.165, 1.54) is 22.2 Å². The minimum absolute atomic E-state index is 0.0505. The third-order valence-electron chi connectivity index (χ3n) is 6.65. The molecule has 2 heterocycles. The number of thioether (sulfide) groups is 1. The Bertz CT molecular complexity index is 1760. The lowest BCUT2D eigenvalue weighted by atomic mass is 9.87. The number of rotatable bonds is 9. The molecule has 0 unspecified atom stereocenters. The molecule has 1 aliphatic rings. The van der Waals surface area contributed by atoms with Gasteiger partial charge in [0.1, 0.15) is 11.5 Å². The summed E-state index contributed by atoms with van der Waals surface area (Å²) in [7, 11) is 0. The Labute approximate surface area is 279 Å². The molecule has 0 atom stereocenters. The normalized spacial score (nSPS) is 15.4. The van der Waals surface area contributed by atoms with Crippen LogP contribution < -0.4 is 10.1 Å². The molecule has 4 aromatic rings. The molecule has 3 aromatic carbocycles. The number of carbonyl (C=O) groups excluding carboxylic acids is 2. The van der Waals surface area contributed by atoms with Crippen LogP contribution in [0.2, 0.25) is 5.02 Å². The number of furan rings is 1. The molecule has 0 radical (unpaired) electrons. The van der Waals surface area contributed by atoms with Crippen LogP contribution in [0.5, 0.6) is 5.75 Å². The van der Waals surface area contributed by atoms with Crippen LogP contribution in [0.4, 0.5) is 5.69 Å². The van der Waals surface area contributed by atoms with Crippen LogP contribution in [0.25, 0.3) is 6.08 Å². The van der Waals surface area contributed by atoms with Gasteiger partial charge in [-0.1, -0.05) is 72.6 Å². The zero-order valence-corrected chi connectivity index (χ0v) is 27.9. The molecule has 1 aromatic heterocycles. The Morgan fingerprint density at radius 1 is 1.09 bits per heavy atom. The van der Waals surface area contributed by atoms with Crippen molar-refractivity contribution >= 4 is 74.3 Å². The summed E-state index contributed by atoms with van der Waals surface area (Å²) in [4.78, 5) is 28.1. The van der Waals surface area contributed by atoms with E-state index in [1.54, 1.807) is 67.1 Å². The highest BCUT2D eigenvalue weighted by Crippen LogP contribution is 2.36. The number of carbonyl (C=O) groups is 2. The van der Waals surface area contributed by atoms with E-state index in [1.807, 2.05) is 18.2 Å². The van der Waals surface area contributed by atoms with Crippen LogP contribution in [0.3, 0.4) is 0 Å². The molecule has 1 N–H and O–H groups in total. The van der Waals surface area contributed by atoms with Crippen molar-refractivity contribution < 1.29 is 18.7 Å². The van der Waals surface area contributed by atoms with Crippen LogP contribution in [0, 0.1) is 0 Å². The number of amidine groups is 1. The first-order valence-corrected chi connectivity index (χ1v) is 16.0. The Kier molecular flexibility index (Phi) is 10.3. The van der Waals surface area contributed by atoms with E-state index in [9.17, 15) is 9.59 Å². The third kappa shape index (κ3) is 8.75. The molecule has 5 rings (SSSR count). The number of nitrogens with one attached hydrogen (secondary N) is 1. The Balaban J connectivity index is 1.36. The van der Waals surface area contributed by atoms with Crippen LogP contribution >= 0.6 is 39.3 Å². The zero-order chi connectivity index (χ0) is 32.0. The number of halogens is 2. The van der Waals surface area contributed by atoms with E-state index in [4.69, 9.17) is 20.8 Å². The maximum atomic E-state index is 13.6. The molecule has 11 heteroatoms. The number of hydrogen-bond donors (Lipinski definition) is 1. The van der Waals surface area contributed by atoms with Crippen molar-refractivity contribution in [3.05, 3.63) is 122 Å². The van der Waals surface area contributed by atoms with Crippen molar-refractivity contribution in [3.8, 4) is 5.75 Å². The molecule has 0 aliphatic carbocycles. The topological polar surface area (TPSA) is 96.5 Å². The summed E-state index contributed by atoms with van der Waals surface area (Å²) >= 11 is 10.6. The van der Waals surface area contributed by atoms with Gasteiger partial charge < -0.3 is 14.5 Å². The molecule has 0 saturated carbocycles. The smallest absolute Gasteiger partial charge is 0.267 e. The Morgan fingerprint density at radius 3 is 2.53 bits per heavy atom. The lowest BCUT2D eigenvalue weighted by Crippen LogP contribution is -2.28. The average Bonchev–Trinajstić information content (AvgIpc) is 3.62. The molecule has 1 aliphatic heterocycles. The van der Waals surface area contributed by atoms with Gasteiger partial charge in [0.15, 0.2) is 11.8 Å². The molecule has 0 spiro atoms. The Hall–Kier alpha value is -4.12. The van der Waals surface area contributed by atoms with Crippen LogP contribution in [0.1, 0.15) is 43.2 Å². The Morgan fingerprint density at radius 2 is 1.84 bits per heavy atom. The molecule has 1 saturated heterocycles. The van der Waals surface area contributed by atoms with Gasteiger partial charge in [-0.2, -0.15) is 5.10 Å². The van der Waals surface area contributed by atoms with E-state index in [0.29, 0.717) is 37.9 Å². The van der Waals surface area contributed by atoms with Gasteiger partial charge in [-0.3, -0.25) is 14.5 Å². The quantitative estimate of drug-likeness (QED) is 0.107. The van der Waals surface area contributed by atoms with Crippen molar-refractivity contribution in [1.29, 1.82) is 0 Å². The summed E-state index contributed by atoms with van der Waals surface area (Å²) in [5.74, 6) is 0.448. The van der Waals surface area contributed by atoms with Crippen molar-refractivity contribution in [3.63, 3.8) is 0 Å². The summed E-state index contributed by atoms with van der Waals surface area (Å²) in [6.07, 6.45) is 4.94. The maximum Gasteiger partial charge on any atom is 0.267 e. The lowest BCUT2D eigenvalue weighted by Gasteiger charge is -2.18. The molecule has 0 bridgehead atoms. The second-order valence-corrected chi connectivity index (χ2v) is 13.5. The molecule has 8 nitrogen and oxygen atoms in total. The van der Waals surface area contributed by atoms with Crippen molar-refractivity contribution in [1.82, 2.24) is 4.90 Å². The minimum atomic E-state index is -0.338. The van der Waals surface area contributed by atoms with Gasteiger partial charge in [0, 0.05) is 20.7 Å². The first-order valence-electron chi connectivity index (χ1n) is 14.0. The molecule has 230 valence electrons. The monoisotopic (exact) mass is 704 g/mol. The maximum absolute atomic E-state index is 13.6. The van der Waals surface area contributed by atoms with Crippen LogP contribution in [-0.2, 0) is 21.5 Å². The lowest BCUT2D eigenvalue weighted by molar-refractivity contribution is -0.122. The van der Waals surface area contributed by atoms with E-state index < -0.39 is 0 Å². The molecular weight excluding hydrogens is 676 g/mol. The van der Waals surface area contributed by atoms with Crippen molar-refractivity contribution in [2.45, 2.75) is 32.7 Å². The predicted octanol–water partition coefficient (Wildman–Crippen LogP) is 8.52. The van der Waals surface area contributed by atoms with Crippen molar-refractivity contribution in [2.75, 3.05) is 11.9 Å². The second kappa shape index (κ2) is 14.3. The van der Waals surface area contributed by atoms with Gasteiger partial charge >= 0.3 is 0 Å². The molecule has 45 heavy (non-hydrogen) atoms. The van der Waals surface area contributed by atoms with Gasteiger partial charge in [0.05, 0.1) is 23.9 Å². The standard InChI is InChI=1S/C34H30BrClN4O4S/c1-34(2,3)24-8-6-22(7-9-24)19-37-39-33-40(20-28-5-4-16-43-28)32(42)30(45-33)18-23-17-25(35)10-15-29(23)44-21-31(41)38-27-13-11-26(36)12-14-27/h4-19H,20-21H2,1-3H3,(H,38,41)/b30-18-,37-19+,39-33-. The highest BCUT2D eigenvalue weighted by atomic mass is 79.9. The summed E-state index contributed by atoms with van der Waals surface area (Å²) in [5, 5.41) is 12.5. The summed E-state index contributed by atoms with van der Waals surface area (Å²) in [5.41, 5.74) is 3.38. The first kappa shape index (κ1) is 32.3.